The predicted octanol–water partition coefficient (Wildman–Crippen LogP) is 3.57. The smallest absolute Gasteiger partial charge is 0.244 e. The van der Waals surface area contributed by atoms with E-state index in [9.17, 15) is 17.6 Å². The van der Waals surface area contributed by atoms with Crippen LogP contribution < -0.4 is 5.32 Å². The normalized spacial score (nSPS) is 12.6. The number of sulfone groups is 1. The van der Waals surface area contributed by atoms with Gasteiger partial charge >= 0.3 is 0 Å². The Morgan fingerprint density at radius 1 is 1.03 bits per heavy atom. The van der Waals surface area contributed by atoms with Gasteiger partial charge in [0.1, 0.15) is 11.1 Å². The van der Waals surface area contributed by atoms with Gasteiger partial charge in [0.2, 0.25) is 5.91 Å². The van der Waals surface area contributed by atoms with Gasteiger partial charge in [0.15, 0.2) is 9.84 Å². The first-order valence-electron chi connectivity index (χ1n) is 8.87. The van der Waals surface area contributed by atoms with Crippen molar-refractivity contribution in [3.8, 4) is 0 Å². The van der Waals surface area contributed by atoms with Gasteiger partial charge in [-0.25, -0.2) is 12.8 Å². The van der Waals surface area contributed by atoms with E-state index in [1.54, 1.807) is 36.5 Å². The molecule has 0 bridgehead atoms. The van der Waals surface area contributed by atoms with Crippen LogP contribution in [-0.2, 0) is 14.6 Å². The second kappa shape index (κ2) is 9.25. The zero-order valence-electron chi connectivity index (χ0n) is 15.4. The van der Waals surface area contributed by atoms with Crippen LogP contribution in [-0.4, -0.2) is 25.9 Å². The van der Waals surface area contributed by atoms with E-state index in [-0.39, 0.29) is 17.3 Å². The van der Waals surface area contributed by atoms with Gasteiger partial charge < -0.3 is 5.32 Å². The summed E-state index contributed by atoms with van der Waals surface area (Å²) in [7, 11) is -3.74. The molecule has 3 rings (SSSR count). The molecule has 0 aliphatic carbocycles. The summed E-state index contributed by atoms with van der Waals surface area (Å²) in [5.41, 5.74) is 1.14. The largest absolute Gasteiger partial charge is 0.351 e. The maximum atomic E-state index is 13.1. The van der Waals surface area contributed by atoms with Crippen molar-refractivity contribution in [1.82, 2.24) is 10.3 Å². The molecule has 1 amide bonds. The molecule has 2 aromatic carbocycles. The quantitative estimate of drug-likeness (QED) is 0.604. The van der Waals surface area contributed by atoms with E-state index in [1.807, 2.05) is 0 Å². The van der Waals surface area contributed by atoms with Crippen molar-refractivity contribution in [2.24, 2.45) is 0 Å². The van der Waals surface area contributed by atoms with Crippen LogP contribution in [0.15, 0.2) is 90.1 Å². The summed E-state index contributed by atoms with van der Waals surface area (Å²) < 4.78 is 39.2. The molecule has 1 heterocycles. The van der Waals surface area contributed by atoms with Crippen LogP contribution in [0.1, 0.15) is 16.4 Å². The van der Waals surface area contributed by atoms with Crippen molar-refractivity contribution in [3.05, 3.63) is 102 Å². The number of hydrogen-bond donors (Lipinski definition) is 1. The molecule has 148 valence electrons. The summed E-state index contributed by atoms with van der Waals surface area (Å²) >= 11 is 0. The average molecular weight is 410 g/mol. The predicted molar refractivity (Wildman–Crippen MR) is 109 cm³/mol. The third-order valence-electron chi connectivity index (χ3n) is 4.26. The molecular weight excluding hydrogens is 391 g/mol. The Balaban J connectivity index is 1.77. The van der Waals surface area contributed by atoms with Crippen LogP contribution in [0.2, 0.25) is 0 Å². The third kappa shape index (κ3) is 5.36. The van der Waals surface area contributed by atoms with Crippen molar-refractivity contribution in [1.29, 1.82) is 0 Å². The van der Waals surface area contributed by atoms with Gasteiger partial charge in [0.25, 0.3) is 0 Å². The minimum absolute atomic E-state index is 0.116. The molecular formula is C22H19FN2O3S. The standard InChI is InChI=1S/C22H19FN2O3S/c23-19-11-8-17(9-12-19)10-13-22(26)25-16-21(18-5-4-14-24-15-18)29(27,28)20-6-2-1-3-7-20/h1-15,21H,16H2,(H,25,26)/b13-10+/t21-/m0/s1. The molecule has 29 heavy (non-hydrogen) atoms. The Morgan fingerprint density at radius 3 is 2.41 bits per heavy atom. The Kier molecular flexibility index (Phi) is 6.51. The molecule has 0 unspecified atom stereocenters. The summed E-state index contributed by atoms with van der Waals surface area (Å²) in [6, 6.07) is 17.1. The van der Waals surface area contributed by atoms with Crippen LogP contribution in [0, 0.1) is 5.82 Å². The average Bonchev–Trinajstić information content (AvgIpc) is 2.75. The highest BCUT2D eigenvalue weighted by molar-refractivity contribution is 7.91. The van der Waals surface area contributed by atoms with Crippen molar-refractivity contribution in [2.75, 3.05) is 6.54 Å². The number of nitrogens with one attached hydrogen (secondary N) is 1. The molecule has 0 aliphatic rings. The number of halogens is 1. The van der Waals surface area contributed by atoms with Crippen molar-refractivity contribution < 1.29 is 17.6 Å². The number of aromatic nitrogens is 1. The lowest BCUT2D eigenvalue weighted by molar-refractivity contribution is -0.116. The molecule has 0 aliphatic heterocycles. The Hall–Kier alpha value is -3.32. The summed E-state index contributed by atoms with van der Waals surface area (Å²) in [5, 5.41) is 1.65. The first kappa shape index (κ1) is 20.4. The van der Waals surface area contributed by atoms with Crippen LogP contribution in [0.25, 0.3) is 6.08 Å². The Morgan fingerprint density at radius 2 is 1.76 bits per heavy atom. The third-order valence-corrected chi connectivity index (χ3v) is 6.38. The minimum atomic E-state index is -3.74. The highest BCUT2D eigenvalue weighted by Crippen LogP contribution is 2.27. The molecule has 0 spiro atoms. The zero-order chi connectivity index (χ0) is 20.7. The number of benzene rings is 2. The Bertz CT molecular complexity index is 1080. The Labute approximate surface area is 168 Å². The summed E-state index contributed by atoms with van der Waals surface area (Å²) in [5.74, 6) is -0.816. The monoisotopic (exact) mass is 410 g/mol. The van der Waals surface area contributed by atoms with Gasteiger partial charge in [-0.15, -0.1) is 0 Å². The topological polar surface area (TPSA) is 76.1 Å². The fraction of sp³-hybridized carbons (Fsp3) is 0.0909. The van der Waals surface area contributed by atoms with E-state index in [4.69, 9.17) is 0 Å². The van der Waals surface area contributed by atoms with E-state index in [2.05, 4.69) is 10.3 Å². The van der Waals surface area contributed by atoms with Gasteiger partial charge in [-0.3, -0.25) is 9.78 Å². The maximum Gasteiger partial charge on any atom is 0.244 e. The first-order valence-corrected chi connectivity index (χ1v) is 10.4. The van der Waals surface area contributed by atoms with Crippen LogP contribution in [0.3, 0.4) is 0 Å². The molecule has 3 aromatic rings. The van der Waals surface area contributed by atoms with E-state index in [1.165, 1.54) is 54.7 Å². The van der Waals surface area contributed by atoms with Gasteiger partial charge in [-0.05, 0) is 47.5 Å². The van der Waals surface area contributed by atoms with Crippen molar-refractivity contribution in [3.63, 3.8) is 0 Å². The molecule has 5 nitrogen and oxygen atoms in total. The lowest BCUT2D eigenvalue weighted by Crippen LogP contribution is -2.31. The number of pyridine rings is 1. The van der Waals surface area contributed by atoms with Crippen LogP contribution in [0.5, 0.6) is 0 Å². The fourth-order valence-electron chi connectivity index (χ4n) is 2.75. The number of amides is 1. The van der Waals surface area contributed by atoms with Crippen LogP contribution in [0.4, 0.5) is 4.39 Å². The molecule has 0 fully saturated rings. The maximum absolute atomic E-state index is 13.1. The molecule has 1 N–H and O–H groups in total. The number of carbonyl (C=O) groups is 1. The lowest BCUT2D eigenvalue weighted by atomic mass is 10.2. The summed E-state index contributed by atoms with van der Waals surface area (Å²) in [6.07, 6.45) is 5.84. The molecule has 0 saturated carbocycles. The van der Waals surface area contributed by atoms with E-state index in [0.717, 1.165) is 0 Å². The molecule has 0 radical (unpaired) electrons. The van der Waals surface area contributed by atoms with Crippen molar-refractivity contribution >= 4 is 21.8 Å². The van der Waals surface area contributed by atoms with Gasteiger partial charge in [0, 0.05) is 25.0 Å². The van der Waals surface area contributed by atoms with Crippen LogP contribution >= 0.6 is 0 Å². The second-order valence-electron chi connectivity index (χ2n) is 6.26. The van der Waals surface area contributed by atoms with Gasteiger partial charge in [-0.1, -0.05) is 36.4 Å². The SMILES string of the molecule is O=C(/C=C/c1ccc(F)cc1)NC[C@@H](c1cccnc1)S(=O)(=O)c1ccccc1. The second-order valence-corrected chi connectivity index (χ2v) is 8.39. The fourth-order valence-corrected chi connectivity index (χ4v) is 4.41. The van der Waals surface area contributed by atoms with Gasteiger partial charge in [-0.2, -0.15) is 0 Å². The highest BCUT2D eigenvalue weighted by Gasteiger charge is 2.29. The molecule has 1 aromatic heterocycles. The number of hydrogen-bond acceptors (Lipinski definition) is 4. The lowest BCUT2D eigenvalue weighted by Gasteiger charge is -2.18. The number of rotatable bonds is 7. The molecule has 0 saturated heterocycles. The molecule has 1 atom stereocenters. The van der Waals surface area contributed by atoms with Gasteiger partial charge in [0.05, 0.1) is 4.90 Å². The summed E-state index contributed by atoms with van der Waals surface area (Å²) in [6.45, 7) is -0.116. The number of carbonyl (C=O) groups excluding carboxylic acids is 1. The first-order chi connectivity index (χ1) is 14.0. The zero-order valence-corrected chi connectivity index (χ0v) is 16.2. The van der Waals surface area contributed by atoms with E-state index < -0.39 is 21.0 Å². The highest BCUT2D eigenvalue weighted by atomic mass is 32.2. The van der Waals surface area contributed by atoms with E-state index >= 15 is 0 Å². The van der Waals surface area contributed by atoms with E-state index in [0.29, 0.717) is 11.1 Å². The summed E-state index contributed by atoms with van der Waals surface area (Å²) in [4.78, 5) is 16.4. The molecule has 7 heteroatoms. The minimum Gasteiger partial charge on any atom is -0.351 e. The number of nitrogens with zero attached hydrogens (tertiary/aromatic N) is 1. The van der Waals surface area contributed by atoms with Crippen molar-refractivity contribution in [2.45, 2.75) is 10.1 Å².